The first kappa shape index (κ1) is 43.3. The Morgan fingerprint density at radius 1 is 0.769 bits per heavy atom. The number of amidine groups is 1. The maximum absolute atomic E-state index is 13.7. The minimum atomic E-state index is -4.75. The van der Waals surface area contributed by atoms with Gasteiger partial charge in [-0.3, -0.25) is 10.1 Å². The van der Waals surface area contributed by atoms with Crippen molar-refractivity contribution in [2.45, 2.75) is 118 Å². The number of Topliss-reactive ketones (excluding diaryl/α,β-unsaturated/α-hetero) is 1. The molecule has 16 heteroatoms. The average Bonchev–Trinajstić information content (AvgIpc) is 2.96. The van der Waals surface area contributed by atoms with Gasteiger partial charge in [0.05, 0.1) is 17.8 Å². The Balaban J connectivity index is 2.23. The third kappa shape index (κ3) is 16.0. The highest BCUT2D eigenvalue weighted by atomic mass is 32.2. The van der Waals surface area contributed by atoms with Crippen molar-refractivity contribution in [1.29, 1.82) is 0 Å². The molecular formula is C36H50N4O11S. The van der Waals surface area contributed by atoms with E-state index >= 15 is 0 Å². The summed E-state index contributed by atoms with van der Waals surface area (Å²) in [6.07, 6.45) is -2.19. The Morgan fingerprint density at radius 3 is 1.81 bits per heavy atom. The zero-order valence-electron chi connectivity index (χ0n) is 31.6. The van der Waals surface area contributed by atoms with Gasteiger partial charge in [0, 0.05) is 6.42 Å². The van der Waals surface area contributed by atoms with Crippen LogP contribution in [-0.4, -0.2) is 71.3 Å². The van der Waals surface area contributed by atoms with Crippen LogP contribution < -0.4 is 14.8 Å². The monoisotopic (exact) mass is 746 g/mol. The molecule has 0 bridgehead atoms. The molecular weight excluding hydrogens is 696 g/mol. The summed E-state index contributed by atoms with van der Waals surface area (Å²) in [7, 11) is -4.75. The van der Waals surface area contributed by atoms with E-state index in [4.69, 9.17) is 18.9 Å². The van der Waals surface area contributed by atoms with Crippen LogP contribution in [0.4, 0.5) is 15.3 Å². The first-order valence-corrected chi connectivity index (χ1v) is 17.9. The molecule has 2 N–H and O–H groups in total. The van der Waals surface area contributed by atoms with Crippen LogP contribution in [0.3, 0.4) is 0 Å². The van der Waals surface area contributed by atoms with E-state index in [2.05, 4.69) is 15.0 Å². The number of alkyl carbamates (subject to hydrolysis) is 1. The van der Waals surface area contributed by atoms with Crippen LogP contribution in [0.5, 0.6) is 5.75 Å². The minimum Gasteiger partial charge on any atom is -0.459 e. The third-order valence-corrected chi connectivity index (χ3v) is 7.64. The summed E-state index contributed by atoms with van der Waals surface area (Å²) in [4.78, 5) is 66.9. The lowest BCUT2D eigenvalue weighted by atomic mass is 10.1. The molecule has 0 unspecified atom stereocenters. The number of benzene rings is 2. The molecule has 0 aliphatic carbocycles. The topological polar surface area (TPSA) is 196 Å². The number of hydrogen-bond acceptors (Lipinski definition) is 12. The number of carbonyl (C=O) groups excluding carboxylic acids is 5. The maximum Gasteiger partial charge on any atom is 0.425 e. The first-order valence-electron chi connectivity index (χ1n) is 16.4. The van der Waals surface area contributed by atoms with Crippen molar-refractivity contribution < 1.29 is 51.3 Å². The molecule has 0 aliphatic rings. The molecule has 2 aromatic rings. The Labute approximate surface area is 305 Å². The predicted octanol–water partition coefficient (Wildman–Crippen LogP) is 6.13. The van der Waals surface area contributed by atoms with Gasteiger partial charge in [-0.2, -0.15) is 17.4 Å². The molecule has 286 valence electrons. The van der Waals surface area contributed by atoms with Gasteiger partial charge in [0.2, 0.25) is 0 Å². The van der Waals surface area contributed by atoms with Gasteiger partial charge in [0.15, 0.2) is 0 Å². The van der Waals surface area contributed by atoms with Gasteiger partial charge >= 0.3 is 34.3 Å². The fourth-order valence-electron chi connectivity index (χ4n) is 4.09. The molecule has 0 heterocycles. The summed E-state index contributed by atoms with van der Waals surface area (Å²) in [5.41, 5.74) is -1.71. The normalized spacial score (nSPS) is 13.0. The summed E-state index contributed by atoms with van der Waals surface area (Å²) in [6.45, 7) is 17.1. The fraction of sp³-hybridized carbons (Fsp3) is 0.500. The number of rotatable bonds is 12. The molecule has 2 aromatic carbocycles. The summed E-state index contributed by atoms with van der Waals surface area (Å²) >= 11 is 0. The zero-order chi connectivity index (χ0) is 39.7. The number of nitrogens with one attached hydrogen (secondary N) is 2. The van der Waals surface area contributed by atoms with Crippen molar-refractivity contribution in [3.8, 4) is 5.75 Å². The quantitative estimate of drug-likeness (QED) is 0.0833. The predicted molar refractivity (Wildman–Crippen MR) is 193 cm³/mol. The molecule has 15 nitrogen and oxygen atoms in total. The van der Waals surface area contributed by atoms with E-state index in [1.165, 1.54) is 43.3 Å². The van der Waals surface area contributed by atoms with Gasteiger partial charge in [-0.25, -0.2) is 19.4 Å². The smallest absolute Gasteiger partial charge is 0.425 e. The van der Waals surface area contributed by atoms with Crippen LogP contribution in [0.1, 0.15) is 105 Å². The SMILES string of the molecule is CC(=O)CC[C@H](NS(=O)(=O)N(Cc1ccc(OC(=O)c2ccc(N=C(C)NC(=O)OC(C)(C)C)cc2)cc1)C(=O)OC(C)(C)C)C(=O)OC(C)(C)C. The van der Waals surface area contributed by atoms with E-state index < -0.39 is 63.7 Å². The molecule has 0 aromatic heterocycles. The minimum absolute atomic E-state index is 0.121. The van der Waals surface area contributed by atoms with Crippen molar-refractivity contribution in [3.63, 3.8) is 0 Å². The summed E-state index contributed by atoms with van der Waals surface area (Å²) in [5.74, 6) is -1.46. The second-order valence-corrected chi connectivity index (χ2v) is 16.5. The van der Waals surface area contributed by atoms with E-state index in [0.717, 1.165) is 0 Å². The molecule has 0 spiro atoms. The molecule has 52 heavy (non-hydrogen) atoms. The van der Waals surface area contributed by atoms with E-state index in [0.29, 0.717) is 15.6 Å². The lowest BCUT2D eigenvalue weighted by Crippen LogP contribution is -2.52. The van der Waals surface area contributed by atoms with Crippen molar-refractivity contribution in [2.75, 3.05) is 0 Å². The second-order valence-electron chi connectivity index (χ2n) is 14.8. The van der Waals surface area contributed by atoms with Crippen molar-refractivity contribution in [1.82, 2.24) is 14.3 Å². The molecule has 1 atom stereocenters. The highest BCUT2D eigenvalue weighted by molar-refractivity contribution is 7.87. The average molecular weight is 747 g/mol. The van der Waals surface area contributed by atoms with E-state index in [1.807, 2.05) is 0 Å². The standard InChI is InChI=1S/C36H50N4O11S/c1-23(41)12-21-29(31(43)49-34(3,4)5)39-52(46,47)40(33(45)51-36(9,10)11)22-25-13-19-28(20-14-25)48-30(42)26-15-17-27(18-16-26)37-24(2)38-32(44)50-35(6,7)8/h13-20,29,39H,12,21-22H2,1-11H3,(H,37,38,44)/t29-/m0/s1. The van der Waals surface area contributed by atoms with Crippen LogP contribution >= 0.6 is 0 Å². The van der Waals surface area contributed by atoms with Crippen LogP contribution in [-0.2, 0) is 40.6 Å². The third-order valence-electron chi connectivity index (χ3n) is 6.20. The van der Waals surface area contributed by atoms with Gasteiger partial charge < -0.3 is 23.7 Å². The van der Waals surface area contributed by atoms with Gasteiger partial charge in [-0.05, 0) is 125 Å². The maximum atomic E-state index is 13.7. The number of aliphatic imine (C=N–C) groups is 1. The lowest BCUT2D eigenvalue weighted by molar-refractivity contribution is -0.157. The largest absolute Gasteiger partial charge is 0.459 e. The van der Waals surface area contributed by atoms with Crippen molar-refractivity contribution >= 4 is 51.6 Å². The van der Waals surface area contributed by atoms with Crippen LogP contribution in [0.25, 0.3) is 0 Å². The van der Waals surface area contributed by atoms with Gasteiger partial charge in [0.1, 0.15) is 40.2 Å². The molecule has 2 rings (SSSR count). The van der Waals surface area contributed by atoms with Crippen LogP contribution in [0, 0.1) is 0 Å². The second kappa shape index (κ2) is 17.6. The summed E-state index contributed by atoms with van der Waals surface area (Å²) < 4.78 is 51.3. The molecule has 0 radical (unpaired) electrons. The number of nitrogens with zero attached hydrogens (tertiary/aromatic N) is 2. The zero-order valence-corrected chi connectivity index (χ0v) is 32.4. The number of ether oxygens (including phenoxy) is 4. The van der Waals surface area contributed by atoms with Crippen molar-refractivity contribution in [3.05, 3.63) is 59.7 Å². The summed E-state index contributed by atoms with van der Waals surface area (Å²) in [5, 5.41) is 2.53. The van der Waals surface area contributed by atoms with Gasteiger partial charge in [-0.15, -0.1) is 0 Å². The van der Waals surface area contributed by atoms with Crippen LogP contribution in [0.2, 0.25) is 0 Å². The van der Waals surface area contributed by atoms with Crippen LogP contribution in [0.15, 0.2) is 53.5 Å². The van der Waals surface area contributed by atoms with Gasteiger partial charge in [-0.1, -0.05) is 12.1 Å². The molecule has 2 amide bonds. The number of esters is 2. The number of ketones is 1. The number of hydrogen-bond donors (Lipinski definition) is 2. The Hall–Kier alpha value is -4.83. The highest BCUT2D eigenvalue weighted by Gasteiger charge is 2.37. The Kier molecular flexibility index (Phi) is 14.7. The van der Waals surface area contributed by atoms with Gasteiger partial charge in [0.25, 0.3) is 0 Å². The van der Waals surface area contributed by atoms with E-state index in [-0.39, 0.29) is 35.8 Å². The molecule has 0 saturated heterocycles. The lowest BCUT2D eigenvalue weighted by Gasteiger charge is -2.29. The molecule has 0 aliphatic heterocycles. The Bertz CT molecular complexity index is 1730. The Morgan fingerprint density at radius 2 is 1.31 bits per heavy atom. The first-order chi connectivity index (χ1) is 23.7. The number of carbonyl (C=O) groups is 5. The number of amides is 2. The van der Waals surface area contributed by atoms with E-state index in [9.17, 15) is 32.4 Å². The summed E-state index contributed by atoms with van der Waals surface area (Å²) in [6, 6.07) is 10.4. The van der Waals surface area contributed by atoms with E-state index in [1.54, 1.807) is 81.4 Å². The fourth-order valence-corrected chi connectivity index (χ4v) is 5.34. The molecule has 0 fully saturated rings. The molecule has 0 saturated carbocycles. The van der Waals surface area contributed by atoms with Crippen molar-refractivity contribution in [2.24, 2.45) is 4.99 Å². The highest BCUT2D eigenvalue weighted by Crippen LogP contribution is 2.21.